The van der Waals surface area contributed by atoms with Gasteiger partial charge in [-0.2, -0.15) is 0 Å². The second-order valence-corrected chi connectivity index (χ2v) is 8.14. The maximum atomic E-state index is 12.1. The molecule has 5 nitrogen and oxygen atoms in total. The summed E-state index contributed by atoms with van der Waals surface area (Å²) in [6, 6.07) is 8.71. The Morgan fingerprint density at radius 1 is 1.10 bits per heavy atom. The van der Waals surface area contributed by atoms with Gasteiger partial charge in [-0.25, -0.2) is 13.1 Å². The van der Waals surface area contributed by atoms with E-state index in [1.54, 1.807) is 24.3 Å². The quantitative estimate of drug-likeness (QED) is 0.754. The molecule has 0 heterocycles. The first-order valence-electron chi connectivity index (χ1n) is 7.31. The van der Waals surface area contributed by atoms with Crippen LogP contribution >= 0.6 is 0 Å². The van der Waals surface area contributed by atoms with Gasteiger partial charge in [0.05, 0.1) is 17.0 Å². The zero-order valence-corrected chi connectivity index (χ0v) is 12.6. The fourth-order valence-corrected chi connectivity index (χ4v) is 4.67. The first-order valence-corrected chi connectivity index (χ1v) is 8.96. The third-order valence-electron chi connectivity index (χ3n) is 4.76. The minimum absolute atomic E-state index is 0.0625. The molecule has 2 aliphatic carbocycles. The smallest absolute Gasteiger partial charge is 0.216 e. The van der Waals surface area contributed by atoms with Gasteiger partial charge in [0.2, 0.25) is 10.0 Å². The first kappa shape index (κ1) is 15.0. The van der Waals surface area contributed by atoms with Crippen molar-refractivity contribution >= 4 is 10.0 Å². The number of nitrogens with one attached hydrogen (secondary N) is 1. The minimum Gasteiger partial charge on any atom is -0.387 e. The standard InChI is InChI=1S/C15H21NO4S/c17-14(7-4-8-14)15(18)9-13(10-15)16-21(19,20)11-12-5-2-1-3-6-12/h1-3,5-6,13,16-18H,4,7-11H2. The summed E-state index contributed by atoms with van der Waals surface area (Å²) >= 11 is 0. The predicted molar refractivity (Wildman–Crippen MR) is 79.0 cm³/mol. The number of benzene rings is 1. The van der Waals surface area contributed by atoms with Gasteiger partial charge >= 0.3 is 0 Å². The molecule has 0 amide bonds. The van der Waals surface area contributed by atoms with Crippen LogP contribution in [0.1, 0.15) is 37.7 Å². The van der Waals surface area contributed by atoms with Crippen molar-refractivity contribution in [3.8, 4) is 0 Å². The van der Waals surface area contributed by atoms with Crippen molar-refractivity contribution < 1.29 is 18.6 Å². The highest BCUT2D eigenvalue weighted by Crippen LogP contribution is 2.50. The molecule has 0 atom stereocenters. The zero-order chi connectivity index (χ0) is 15.1. The van der Waals surface area contributed by atoms with E-state index in [1.807, 2.05) is 6.07 Å². The van der Waals surface area contributed by atoms with Crippen LogP contribution in [0.25, 0.3) is 0 Å². The third kappa shape index (κ3) is 2.85. The fraction of sp³-hybridized carbons (Fsp3) is 0.600. The van der Waals surface area contributed by atoms with E-state index in [1.165, 1.54) is 0 Å². The number of hydrogen-bond donors (Lipinski definition) is 3. The van der Waals surface area contributed by atoms with Gasteiger partial charge in [0.25, 0.3) is 0 Å². The Hall–Kier alpha value is -0.950. The van der Waals surface area contributed by atoms with Crippen molar-refractivity contribution in [1.82, 2.24) is 4.72 Å². The van der Waals surface area contributed by atoms with Crippen LogP contribution in [0.15, 0.2) is 30.3 Å². The van der Waals surface area contributed by atoms with Gasteiger partial charge in [0.15, 0.2) is 0 Å². The van der Waals surface area contributed by atoms with Crippen LogP contribution < -0.4 is 4.72 Å². The molecule has 0 aliphatic heterocycles. The van der Waals surface area contributed by atoms with Crippen molar-refractivity contribution in [1.29, 1.82) is 0 Å². The molecule has 1 aromatic carbocycles. The SMILES string of the molecule is O=S(=O)(Cc1ccccc1)NC1CC(O)(C2(O)CCC2)C1. The van der Waals surface area contributed by atoms with E-state index in [4.69, 9.17) is 0 Å². The van der Waals surface area contributed by atoms with Crippen LogP contribution in [0.4, 0.5) is 0 Å². The molecule has 0 unspecified atom stereocenters. The molecule has 3 rings (SSSR count). The van der Waals surface area contributed by atoms with Crippen LogP contribution in [-0.2, 0) is 15.8 Å². The van der Waals surface area contributed by atoms with Crippen molar-refractivity contribution in [3.05, 3.63) is 35.9 Å². The first-order chi connectivity index (χ1) is 9.82. The van der Waals surface area contributed by atoms with Gasteiger partial charge in [0, 0.05) is 6.04 Å². The lowest BCUT2D eigenvalue weighted by molar-refractivity contribution is -0.230. The summed E-state index contributed by atoms with van der Waals surface area (Å²) in [5, 5.41) is 20.6. The van der Waals surface area contributed by atoms with Crippen molar-refractivity contribution in [2.24, 2.45) is 0 Å². The maximum absolute atomic E-state index is 12.1. The molecule has 2 fully saturated rings. The van der Waals surface area contributed by atoms with E-state index in [0.717, 1.165) is 12.0 Å². The van der Waals surface area contributed by atoms with Gasteiger partial charge < -0.3 is 10.2 Å². The highest BCUT2D eigenvalue weighted by Gasteiger charge is 2.59. The summed E-state index contributed by atoms with van der Waals surface area (Å²) in [6.07, 6.45) is 2.71. The third-order valence-corrected chi connectivity index (χ3v) is 6.17. The molecule has 0 saturated heterocycles. The average molecular weight is 311 g/mol. The zero-order valence-electron chi connectivity index (χ0n) is 11.8. The highest BCUT2D eigenvalue weighted by molar-refractivity contribution is 7.88. The molecule has 0 radical (unpaired) electrons. The van der Waals surface area contributed by atoms with Crippen LogP contribution in [0.5, 0.6) is 0 Å². The van der Waals surface area contributed by atoms with Gasteiger partial charge in [0.1, 0.15) is 0 Å². The van der Waals surface area contributed by atoms with E-state index >= 15 is 0 Å². The Labute approximate surface area is 125 Å². The van der Waals surface area contributed by atoms with Crippen LogP contribution in [0.2, 0.25) is 0 Å². The number of aliphatic hydroxyl groups is 2. The maximum Gasteiger partial charge on any atom is 0.216 e. The monoisotopic (exact) mass is 311 g/mol. The molecule has 0 bridgehead atoms. The van der Waals surface area contributed by atoms with Crippen LogP contribution in [0, 0.1) is 0 Å². The number of sulfonamides is 1. The Morgan fingerprint density at radius 3 is 2.24 bits per heavy atom. The Kier molecular flexibility index (Phi) is 3.60. The molecule has 1 aromatic rings. The summed E-state index contributed by atoms with van der Waals surface area (Å²) < 4.78 is 26.8. The predicted octanol–water partition coefficient (Wildman–Crippen LogP) is 0.914. The van der Waals surface area contributed by atoms with Crippen molar-refractivity contribution in [2.75, 3.05) is 0 Å². The molecule has 0 aromatic heterocycles. The molecule has 2 aliphatic rings. The van der Waals surface area contributed by atoms with Gasteiger partial charge in [-0.15, -0.1) is 0 Å². The molecule has 21 heavy (non-hydrogen) atoms. The minimum atomic E-state index is -3.42. The summed E-state index contributed by atoms with van der Waals surface area (Å²) in [5.74, 6) is -0.0625. The topological polar surface area (TPSA) is 86.6 Å². The molecule has 116 valence electrons. The Balaban J connectivity index is 1.56. The van der Waals surface area contributed by atoms with Gasteiger partial charge in [-0.05, 0) is 37.7 Å². The molecule has 0 spiro atoms. The highest BCUT2D eigenvalue weighted by atomic mass is 32.2. The Morgan fingerprint density at radius 2 is 1.71 bits per heavy atom. The Bertz CT molecular complexity index is 604. The number of hydrogen-bond acceptors (Lipinski definition) is 4. The molecule has 3 N–H and O–H groups in total. The molecule has 6 heteroatoms. The summed E-state index contributed by atoms with van der Waals surface area (Å²) in [6.45, 7) is 0. The summed E-state index contributed by atoms with van der Waals surface area (Å²) in [7, 11) is -3.42. The van der Waals surface area contributed by atoms with E-state index < -0.39 is 21.2 Å². The second kappa shape index (κ2) is 5.05. The number of rotatable bonds is 5. The van der Waals surface area contributed by atoms with E-state index in [2.05, 4.69) is 4.72 Å². The van der Waals surface area contributed by atoms with Crippen LogP contribution in [0.3, 0.4) is 0 Å². The summed E-state index contributed by atoms with van der Waals surface area (Å²) in [4.78, 5) is 0. The molecular formula is C15H21NO4S. The van der Waals surface area contributed by atoms with Crippen LogP contribution in [-0.4, -0.2) is 35.9 Å². The second-order valence-electron chi connectivity index (χ2n) is 6.38. The van der Waals surface area contributed by atoms with E-state index in [-0.39, 0.29) is 24.6 Å². The molecular weight excluding hydrogens is 290 g/mol. The van der Waals surface area contributed by atoms with Crippen molar-refractivity contribution in [3.63, 3.8) is 0 Å². The lowest BCUT2D eigenvalue weighted by Gasteiger charge is -2.57. The lowest BCUT2D eigenvalue weighted by atomic mass is 9.58. The van der Waals surface area contributed by atoms with E-state index in [0.29, 0.717) is 12.8 Å². The van der Waals surface area contributed by atoms with Gasteiger partial charge in [-0.1, -0.05) is 30.3 Å². The van der Waals surface area contributed by atoms with Gasteiger partial charge in [-0.3, -0.25) is 0 Å². The normalized spacial score (nSPS) is 31.2. The largest absolute Gasteiger partial charge is 0.387 e. The van der Waals surface area contributed by atoms with Crippen molar-refractivity contribution in [2.45, 2.75) is 55.1 Å². The average Bonchev–Trinajstić information content (AvgIpc) is 2.34. The van der Waals surface area contributed by atoms with E-state index in [9.17, 15) is 18.6 Å². The fourth-order valence-electron chi connectivity index (χ4n) is 3.29. The lowest BCUT2D eigenvalue weighted by Crippen LogP contribution is -2.68. The summed E-state index contributed by atoms with van der Waals surface area (Å²) in [5.41, 5.74) is -1.39. The molecule has 2 saturated carbocycles.